The topological polar surface area (TPSA) is 49.4 Å². The minimum atomic E-state index is -0.581. The number of hydrogen-bond acceptors (Lipinski definition) is 2. The van der Waals surface area contributed by atoms with E-state index in [-0.39, 0.29) is 23.3 Å². The Hall–Kier alpha value is -2.04. The lowest BCUT2D eigenvalue weighted by atomic mass is 9.86. The van der Waals surface area contributed by atoms with Crippen molar-refractivity contribution in [3.8, 4) is 0 Å². The first kappa shape index (κ1) is 27.5. The highest BCUT2D eigenvalue weighted by Gasteiger charge is 2.28. The van der Waals surface area contributed by atoms with Crippen LogP contribution in [0.15, 0.2) is 42.5 Å². The minimum Gasteiger partial charge on any atom is -0.352 e. The van der Waals surface area contributed by atoms with E-state index in [9.17, 15) is 9.59 Å². The van der Waals surface area contributed by atoms with Gasteiger partial charge in [-0.05, 0) is 60.4 Å². The number of rotatable bonds is 8. The molecule has 0 spiro atoms. The molecule has 2 aromatic rings. The minimum absolute atomic E-state index is 0.0535. The van der Waals surface area contributed by atoms with Crippen LogP contribution >= 0.6 is 23.2 Å². The summed E-state index contributed by atoms with van der Waals surface area (Å²) in [5, 5.41) is 4.08. The molecule has 0 radical (unpaired) electrons. The van der Waals surface area contributed by atoms with E-state index in [0.717, 1.165) is 36.8 Å². The number of aryl methyl sites for hydroxylation is 1. The smallest absolute Gasteiger partial charge is 0.242 e. The van der Waals surface area contributed by atoms with Crippen molar-refractivity contribution in [1.82, 2.24) is 10.2 Å². The van der Waals surface area contributed by atoms with Gasteiger partial charge in [0.15, 0.2) is 0 Å². The summed E-state index contributed by atoms with van der Waals surface area (Å²) in [7, 11) is 0. The fourth-order valence-corrected chi connectivity index (χ4v) is 4.87. The number of nitrogens with zero attached hydrogens (tertiary/aromatic N) is 1. The predicted molar refractivity (Wildman–Crippen MR) is 145 cm³/mol. The Labute approximate surface area is 220 Å². The Morgan fingerprint density at radius 1 is 0.971 bits per heavy atom. The van der Waals surface area contributed by atoms with Crippen molar-refractivity contribution in [2.24, 2.45) is 0 Å². The first-order valence-electron chi connectivity index (χ1n) is 12.7. The van der Waals surface area contributed by atoms with Gasteiger partial charge in [-0.3, -0.25) is 9.59 Å². The lowest BCUT2D eigenvalue weighted by molar-refractivity contribution is -0.141. The van der Waals surface area contributed by atoms with E-state index in [2.05, 4.69) is 50.4 Å². The normalized spacial score (nSPS) is 15.5. The summed E-state index contributed by atoms with van der Waals surface area (Å²) in [6, 6.07) is 13.4. The monoisotopic (exact) mass is 516 g/mol. The molecule has 1 unspecified atom stereocenters. The average molecular weight is 518 g/mol. The molecule has 0 bridgehead atoms. The molecule has 0 aliphatic heterocycles. The van der Waals surface area contributed by atoms with Crippen LogP contribution in [0.5, 0.6) is 0 Å². The molecule has 0 aromatic heterocycles. The van der Waals surface area contributed by atoms with Gasteiger partial charge in [0, 0.05) is 19.0 Å². The Kier molecular flexibility index (Phi) is 9.66. The SMILES string of the molecule is CC(C(=O)NC1CCCCC1)N(Cc1ccc(Cl)c(Cl)c1)C(=O)CCc1ccc(C(C)(C)C)cc1. The number of nitrogens with one attached hydrogen (secondary N) is 1. The number of benzene rings is 2. The molecule has 0 heterocycles. The highest BCUT2D eigenvalue weighted by molar-refractivity contribution is 6.42. The molecule has 1 N–H and O–H groups in total. The van der Waals surface area contributed by atoms with Gasteiger partial charge >= 0.3 is 0 Å². The first-order valence-corrected chi connectivity index (χ1v) is 13.4. The standard InChI is InChI=1S/C29H38Cl2N2O2/c1-20(28(35)32-24-8-6-5-7-9-24)33(19-22-12-16-25(30)26(31)18-22)27(34)17-13-21-10-14-23(15-11-21)29(2,3)4/h10-12,14-16,18,20,24H,5-9,13,17,19H2,1-4H3,(H,32,35). The lowest BCUT2D eigenvalue weighted by Crippen LogP contribution is -2.50. The van der Waals surface area contributed by atoms with Crippen LogP contribution in [-0.2, 0) is 28.0 Å². The molecule has 2 aromatic carbocycles. The third kappa shape index (κ3) is 7.98. The Morgan fingerprint density at radius 3 is 2.20 bits per heavy atom. The van der Waals surface area contributed by atoms with E-state index in [4.69, 9.17) is 23.2 Å². The predicted octanol–water partition coefficient (Wildman–Crippen LogP) is 7.09. The molecule has 1 saturated carbocycles. The highest BCUT2D eigenvalue weighted by atomic mass is 35.5. The molecule has 3 rings (SSSR count). The van der Waals surface area contributed by atoms with Crippen LogP contribution in [0.4, 0.5) is 0 Å². The summed E-state index contributed by atoms with van der Waals surface area (Å²) in [5.41, 5.74) is 3.31. The lowest BCUT2D eigenvalue weighted by Gasteiger charge is -2.31. The summed E-state index contributed by atoms with van der Waals surface area (Å²) >= 11 is 12.3. The highest BCUT2D eigenvalue weighted by Crippen LogP contribution is 2.25. The zero-order valence-electron chi connectivity index (χ0n) is 21.4. The van der Waals surface area contributed by atoms with Crippen molar-refractivity contribution >= 4 is 35.0 Å². The molecular weight excluding hydrogens is 479 g/mol. The zero-order chi connectivity index (χ0) is 25.6. The summed E-state index contributed by atoms with van der Waals surface area (Å²) in [4.78, 5) is 28.2. The van der Waals surface area contributed by atoms with Gasteiger partial charge in [-0.1, -0.05) is 93.6 Å². The van der Waals surface area contributed by atoms with Crippen molar-refractivity contribution in [2.75, 3.05) is 0 Å². The van der Waals surface area contributed by atoms with E-state index in [1.165, 1.54) is 12.0 Å². The molecule has 1 aliphatic carbocycles. The summed E-state index contributed by atoms with van der Waals surface area (Å²) < 4.78 is 0. The van der Waals surface area contributed by atoms with Crippen LogP contribution in [0.2, 0.25) is 10.0 Å². The second-order valence-corrected chi connectivity index (χ2v) is 11.6. The van der Waals surface area contributed by atoms with Gasteiger partial charge in [-0.25, -0.2) is 0 Å². The van der Waals surface area contributed by atoms with Gasteiger partial charge in [0.1, 0.15) is 6.04 Å². The van der Waals surface area contributed by atoms with E-state index < -0.39 is 6.04 Å². The Bertz CT molecular complexity index is 1010. The van der Waals surface area contributed by atoms with E-state index in [1.54, 1.807) is 17.0 Å². The van der Waals surface area contributed by atoms with Crippen molar-refractivity contribution in [2.45, 2.75) is 96.7 Å². The summed E-state index contributed by atoms with van der Waals surface area (Å²) in [6.07, 6.45) is 6.46. The largest absolute Gasteiger partial charge is 0.352 e. The third-order valence-electron chi connectivity index (χ3n) is 6.90. The molecule has 1 fully saturated rings. The number of hydrogen-bond donors (Lipinski definition) is 1. The average Bonchev–Trinajstić information content (AvgIpc) is 2.83. The molecule has 1 aliphatic rings. The maximum Gasteiger partial charge on any atom is 0.242 e. The summed E-state index contributed by atoms with van der Waals surface area (Å²) in [5.74, 6) is -0.151. The van der Waals surface area contributed by atoms with Crippen LogP contribution in [0.25, 0.3) is 0 Å². The first-order chi connectivity index (χ1) is 16.5. The van der Waals surface area contributed by atoms with Crippen LogP contribution in [0.3, 0.4) is 0 Å². The molecule has 0 saturated heterocycles. The number of amides is 2. The molecule has 1 atom stereocenters. The fraction of sp³-hybridized carbons (Fsp3) is 0.517. The molecule has 35 heavy (non-hydrogen) atoms. The second-order valence-electron chi connectivity index (χ2n) is 10.7. The Balaban J connectivity index is 1.72. The maximum atomic E-state index is 13.4. The van der Waals surface area contributed by atoms with Crippen molar-refractivity contribution in [1.29, 1.82) is 0 Å². The Morgan fingerprint density at radius 2 is 1.60 bits per heavy atom. The van der Waals surface area contributed by atoms with Gasteiger partial charge in [-0.2, -0.15) is 0 Å². The van der Waals surface area contributed by atoms with Gasteiger partial charge in [0.2, 0.25) is 11.8 Å². The van der Waals surface area contributed by atoms with Crippen LogP contribution in [-0.4, -0.2) is 28.8 Å². The van der Waals surface area contributed by atoms with E-state index in [0.29, 0.717) is 29.4 Å². The maximum absolute atomic E-state index is 13.4. The van der Waals surface area contributed by atoms with Crippen LogP contribution in [0, 0.1) is 0 Å². The quantitative estimate of drug-likeness (QED) is 0.407. The second kappa shape index (κ2) is 12.3. The molecular formula is C29H38Cl2N2O2. The van der Waals surface area contributed by atoms with Gasteiger partial charge < -0.3 is 10.2 Å². The fourth-order valence-electron chi connectivity index (χ4n) is 4.55. The van der Waals surface area contributed by atoms with Gasteiger partial charge in [-0.15, -0.1) is 0 Å². The van der Waals surface area contributed by atoms with Crippen molar-refractivity contribution in [3.05, 3.63) is 69.2 Å². The molecule has 6 heteroatoms. The molecule has 2 amide bonds. The van der Waals surface area contributed by atoms with E-state index in [1.807, 2.05) is 13.0 Å². The third-order valence-corrected chi connectivity index (χ3v) is 7.64. The zero-order valence-corrected chi connectivity index (χ0v) is 22.9. The molecule has 4 nitrogen and oxygen atoms in total. The van der Waals surface area contributed by atoms with Crippen molar-refractivity contribution in [3.63, 3.8) is 0 Å². The number of halogens is 2. The number of carbonyl (C=O) groups excluding carboxylic acids is 2. The van der Waals surface area contributed by atoms with Gasteiger partial charge in [0.05, 0.1) is 10.0 Å². The van der Waals surface area contributed by atoms with Crippen LogP contribution < -0.4 is 5.32 Å². The van der Waals surface area contributed by atoms with E-state index >= 15 is 0 Å². The number of carbonyl (C=O) groups is 2. The van der Waals surface area contributed by atoms with Gasteiger partial charge in [0.25, 0.3) is 0 Å². The summed E-state index contributed by atoms with van der Waals surface area (Å²) in [6.45, 7) is 8.67. The van der Waals surface area contributed by atoms with Crippen molar-refractivity contribution < 1.29 is 9.59 Å². The van der Waals surface area contributed by atoms with Crippen LogP contribution in [0.1, 0.15) is 82.9 Å². The molecule has 190 valence electrons.